The number of hydrogen-bond acceptors (Lipinski definition) is 7. The van der Waals surface area contributed by atoms with Crippen molar-refractivity contribution in [2.45, 2.75) is 44.0 Å². The molecule has 1 fully saturated rings. The summed E-state index contributed by atoms with van der Waals surface area (Å²) in [6.45, 7) is 3.99. The van der Waals surface area contributed by atoms with Gasteiger partial charge in [0.2, 0.25) is 21.7 Å². The Morgan fingerprint density at radius 2 is 1.81 bits per heavy atom. The van der Waals surface area contributed by atoms with Crippen molar-refractivity contribution in [2.75, 3.05) is 25.0 Å². The molecule has 0 amide bonds. The second kappa shape index (κ2) is 10.1. The number of anilines is 1. The van der Waals surface area contributed by atoms with Crippen molar-refractivity contribution >= 4 is 15.7 Å². The molecule has 0 unspecified atom stereocenters. The Morgan fingerprint density at radius 1 is 1.06 bits per heavy atom. The molecular weight excluding hydrogens is 428 g/mol. The normalized spacial score (nSPS) is 15.3. The number of benzene rings is 2. The molecule has 2 heterocycles. The summed E-state index contributed by atoms with van der Waals surface area (Å²) in [5, 5.41) is 7.21. The molecule has 1 aliphatic heterocycles. The number of aromatic nitrogens is 2. The van der Waals surface area contributed by atoms with Crippen LogP contribution in [-0.4, -0.2) is 42.6 Å². The lowest BCUT2D eigenvalue weighted by Crippen LogP contribution is -2.31. The molecule has 1 aliphatic rings. The van der Waals surface area contributed by atoms with Crippen molar-refractivity contribution in [1.29, 1.82) is 0 Å². The zero-order valence-electron chi connectivity index (χ0n) is 18.2. The van der Waals surface area contributed by atoms with Crippen molar-refractivity contribution in [1.82, 2.24) is 14.4 Å². The predicted octanol–water partition coefficient (Wildman–Crippen LogP) is 4.31. The summed E-state index contributed by atoms with van der Waals surface area (Å²) in [4.78, 5) is 4.71. The van der Waals surface area contributed by atoms with E-state index in [1.54, 1.807) is 22.5 Å². The number of nitrogens with zero attached hydrogens (tertiary/aromatic N) is 3. The van der Waals surface area contributed by atoms with E-state index in [-0.39, 0.29) is 6.54 Å². The smallest absolute Gasteiger partial charge is 0.246 e. The first-order valence-corrected chi connectivity index (χ1v) is 12.4. The summed E-state index contributed by atoms with van der Waals surface area (Å²) in [6.07, 6.45) is 3.98. The zero-order valence-corrected chi connectivity index (χ0v) is 19.0. The van der Waals surface area contributed by atoms with Gasteiger partial charge in [-0.2, -0.15) is 9.29 Å². The van der Waals surface area contributed by atoms with Gasteiger partial charge in [-0.3, -0.25) is 0 Å². The first-order chi connectivity index (χ1) is 15.6. The Labute approximate surface area is 188 Å². The number of sulfonamides is 1. The maximum Gasteiger partial charge on any atom is 0.246 e. The van der Waals surface area contributed by atoms with Crippen LogP contribution in [0.4, 0.5) is 5.69 Å². The molecule has 0 aliphatic carbocycles. The van der Waals surface area contributed by atoms with Crippen LogP contribution in [0.2, 0.25) is 0 Å². The van der Waals surface area contributed by atoms with Crippen molar-refractivity contribution in [3.63, 3.8) is 0 Å². The molecule has 1 aromatic heterocycles. The van der Waals surface area contributed by atoms with Gasteiger partial charge in [-0.1, -0.05) is 24.1 Å². The Morgan fingerprint density at radius 3 is 2.53 bits per heavy atom. The second-order valence-electron chi connectivity index (χ2n) is 7.67. The van der Waals surface area contributed by atoms with Gasteiger partial charge in [0.25, 0.3) is 0 Å². The Bertz CT molecular complexity index is 1120. The van der Waals surface area contributed by atoms with E-state index < -0.39 is 10.0 Å². The third-order valence-corrected chi connectivity index (χ3v) is 7.27. The summed E-state index contributed by atoms with van der Waals surface area (Å²) in [5.41, 5.74) is 1.51. The minimum atomic E-state index is -3.50. The minimum absolute atomic E-state index is 0.289. The fraction of sp³-hybridized carbons (Fsp3) is 0.391. The quantitative estimate of drug-likeness (QED) is 0.539. The topological polar surface area (TPSA) is 97.6 Å². The molecule has 32 heavy (non-hydrogen) atoms. The van der Waals surface area contributed by atoms with Crippen molar-refractivity contribution in [3.8, 4) is 17.1 Å². The summed E-state index contributed by atoms with van der Waals surface area (Å²) in [7, 11) is -3.50. The number of nitrogens with one attached hydrogen (secondary N) is 1. The Hall–Kier alpha value is -2.91. The van der Waals surface area contributed by atoms with Crippen LogP contribution < -0.4 is 10.1 Å². The molecule has 0 atom stereocenters. The van der Waals surface area contributed by atoms with Crippen LogP contribution in [0.15, 0.2) is 57.9 Å². The molecule has 1 saturated heterocycles. The molecule has 170 valence electrons. The van der Waals surface area contributed by atoms with Gasteiger partial charge in [-0.05, 0) is 62.2 Å². The average molecular weight is 457 g/mol. The summed E-state index contributed by atoms with van der Waals surface area (Å²) < 4.78 is 38.5. The monoisotopic (exact) mass is 456 g/mol. The number of ether oxygens (including phenoxy) is 1. The third kappa shape index (κ3) is 5.28. The maximum absolute atomic E-state index is 13.0. The third-order valence-electron chi connectivity index (χ3n) is 5.37. The van der Waals surface area contributed by atoms with Crippen LogP contribution in [0.25, 0.3) is 11.4 Å². The van der Waals surface area contributed by atoms with Gasteiger partial charge in [-0.15, -0.1) is 0 Å². The molecule has 1 N–H and O–H groups in total. The van der Waals surface area contributed by atoms with Gasteiger partial charge < -0.3 is 14.6 Å². The second-order valence-corrected chi connectivity index (χ2v) is 9.61. The van der Waals surface area contributed by atoms with Gasteiger partial charge in [-0.25, -0.2) is 8.42 Å². The van der Waals surface area contributed by atoms with Crippen LogP contribution in [0.1, 0.15) is 38.5 Å². The number of hydrogen-bond donors (Lipinski definition) is 1. The van der Waals surface area contributed by atoms with Gasteiger partial charge >= 0.3 is 0 Å². The highest BCUT2D eigenvalue weighted by molar-refractivity contribution is 7.89. The highest BCUT2D eigenvalue weighted by Crippen LogP contribution is 2.24. The van der Waals surface area contributed by atoms with Crippen molar-refractivity contribution in [3.05, 3.63) is 54.4 Å². The van der Waals surface area contributed by atoms with E-state index in [1.807, 2.05) is 37.3 Å². The minimum Gasteiger partial charge on any atom is -0.494 e. The lowest BCUT2D eigenvalue weighted by molar-refractivity contribution is 0.340. The molecule has 0 saturated carbocycles. The fourth-order valence-electron chi connectivity index (χ4n) is 3.69. The average Bonchev–Trinajstić information content (AvgIpc) is 3.10. The SMILES string of the molecule is CCOc1ccc(-c2noc(CNc3cccc(S(=O)(=O)N4CCCCCC4)c3)n2)cc1. The summed E-state index contributed by atoms with van der Waals surface area (Å²) >= 11 is 0. The summed E-state index contributed by atoms with van der Waals surface area (Å²) in [6, 6.07) is 14.4. The molecule has 0 spiro atoms. The predicted molar refractivity (Wildman–Crippen MR) is 122 cm³/mol. The van der Waals surface area contributed by atoms with Crippen molar-refractivity contribution in [2.24, 2.45) is 0 Å². The van der Waals surface area contributed by atoms with Crippen LogP contribution in [0.3, 0.4) is 0 Å². The summed E-state index contributed by atoms with van der Waals surface area (Å²) in [5.74, 6) is 1.69. The maximum atomic E-state index is 13.0. The van der Waals surface area contributed by atoms with E-state index in [2.05, 4.69) is 15.5 Å². The highest BCUT2D eigenvalue weighted by Gasteiger charge is 2.25. The van der Waals surface area contributed by atoms with Crippen LogP contribution in [-0.2, 0) is 16.6 Å². The van der Waals surface area contributed by atoms with Crippen LogP contribution in [0.5, 0.6) is 5.75 Å². The van der Waals surface area contributed by atoms with E-state index in [4.69, 9.17) is 9.26 Å². The molecular formula is C23H28N4O4S. The number of rotatable bonds is 8. The lowest BCUT2D eigenvalue weighted by atomic mass is 10.2. The van der Waals surface area contributed by atoms with Crippen LogP contribution in [0, 0.1) is 0 Å². The van der Waals surface area contributed by atoms with Gasteiger partial charge in [0.05, 0.1) is 18.0 Å². The molecule has 4 rings (SSSR count). The molecule has 0 bridgehead atoms. The van der Waals surface area contributed by atoms with Gasteiger partial charge in [0.15, 0.2) is 0 Å². The molecule has 9 heteroatoms. The standard InChI is InChI=1S/C23H28N4O4S/c1-2-30-20-12-10-18(11-13-20)23-25-22(31-26-23)17-24-19-8-7-9-21(16-19)32(28,29)27-14-5-3-4-6-15-27/h7-13,16,24H,2-6,14-15,17H2,1H3. The van der Waals surface area contributed by atoms with E-state index in [9.17, 15) is 8.42 Å². The highest BCUT2D eigenvalue weighted by atomic mass is 32.2. The first kappa shape index (κ1) is 22.3. The Kier molecular flexibility index (Phi) is 7.06. The van der Waals surface area contributed by atoms with Crippen molar-refractivity contribution < 1.29 is 17.7 Å². The van der Waals surface area contributed by atoms with E-state index in [1.165, 1.54) is 0 Å². The molecule has 0 radical (unpaired) electrons. The zero-order chi connectivity index (χ0) is 22.4. The molecule has 2 aromatic carbocycles. The molecule has 3 aromatic rings. The van der Waals surface area contributed by atoms with Crippen LogP contribution >= 0.6 is 0 Å². The van der Waals surface area contributed by atoms with E-state index in [0.717, 1.165) is 37.0 Å². The first-order valence-electron chi connectivity index (χ1n) is 11.0. The van der Waals surface area contributed by atoms with E-state index in [0.29, 0.717) is 42.0 Å². The largest absolute Gasteiger partial charge is 0.494 e. The Balaban J connectivity index is 1.41. The fourth-order valence-corrected chi connectivity index (χ4v) is 5.25. The van der Waals surface area contributed by atoms with E-state index >= 15 is 0 Å². The van der Waals surface area contributed by atoms with Gasteiger partial charge in [0.1, 0.15) is 5.75 Å². The molecule has 8 nitrogen and oxygen atoms in total. The van der Waals surface area contributed by atoms with Gasteiger partial charge in [0, 0.05) is 24.3 Å². The lowest BCUT2D eigenvalue weighted by Gasteiger charge is -2.20.